The molecule has 0 bridgehead atoms. The Bertz CT molecular complexity index is 1120. The fourth-order valence-electron chi connectivity index (χ4n) is 2.80. The quantitative estimate of drug-likeness (QED) is 0.427. The zero-order valence-corrected chi connectivity index (χ0v) is 17.1. The molecule has 8 heteroatoms. The Balaban J connectivity index is 1.43. The van der Waals surface area contributed by atoms with Crippen LogP contribution in [0.1, 0.15) is 21.5 Å². The number of ether oxygens (including phenoxy) is 3. The van der Waals surface area contributed by atoms with Crippen molar-refractivity contribution in [1.82, 2.24) is 5.43 Å². The number of carbonyl (C=O) groups is 1. The van der Waals surface area contributed by atoms with Gasteiger partial charge >= 0.3 is 0 Å². The lowest BCUT2D eigenvalue weighted by Crippen LogP contribution is -2.17. The summed E-state index contributed by atoms with van der Waals surface area (Å²) < 4.78 is 16.4. The van der Waals surface area contributed by atoms with Gasteiger partial charge in [-0.2, -0.15) is 5.10 Å². The fourth-order valence-corrected chi connectivity index (χ4v) is 3.20. The Morgan fingerprint density at radius 1 is 1.03 bits per heavy atom. The summed E-state index contributed by atoms with van der Waals surface area (Å²) in [6.45, 7) is 0.470. The summed E-state index contributed by atoms with van der Waals surface area (Å²) in [5.41, 5.74) is 4.44. The standard InChI is InChI=1S/C22H16Cl2N2O4/c23-17-3-1-2-14(8-17)12-28-19-7-5-18(24)9-16(19)11-25-26-22(27)15-4-6-20-21(10-15)30-13-29-20/h1-11H,12-13H2,(H,26,27)/b25-11-. The van der Waals surface area contributed by atoms with E-state index in [1.54, 1.807) is 42.5 Å². The highest BCUT2D eigenvalue weighted by atomic mass is 35.5. The van der Waals surface area contributed by atoms with E-state index in [4.69, 9.17) is 37.4 Å². The van der Waals surface area contributed by atoms with E-state index in [1.807, 2.05) is 18.2 Å². The van der Waals surface area contributed by atoms with Crippen molar-refractivity contribution >= 4 is 35.3 Å². The number of hydrogen-bond acceptors (Lipinski definition) is 5. The van der Waals surface area contributed by atoms with Gasteiger partial charge in [-0.15, -0.1) is 0 Å². The first-order valence-electron chi connectivity index (χ1n) is 8.98. The van der Waals surface area contributed by atoms with E-state index in [2.05, 4.69) is 10.5 Å². The minimum atomic E-state index is -0.382. The summed E-state index contributed by atoms with van der Waals surface area (Å²) in [4.78, 5) is 12.3. The third-order valence-electron chi connectivity index (χ3n) is 4.26. The maximum atomic E-state index is 12.3. The molecule has 0 aliphatic carbocycles. The number of fused-ring (bicyclic) bond motifs is 1. The van der Waals surface area contributed by atoms with Gasteiger partial charge in [-0.25, -0.2) is 5.43 Å². The average Bonchev–Trinajstić information content (AvgIpc) is 3.21. The van der Waals surface area contributed by atoms with Crippen molar-refractivity contribution in [3.05, 3.63) is 87.4 Å². The largest absolute Gasteiger partial charge is 0.488 e. The molecule has 6 nitrogen and oxygen atoms in total. The predicted molar refractivity (Wildman–Crippen MR) is 115 cm³/mol. The maximum Gasteiger partial charge on any atom is 0.271 e. The van der Waals surface area contributed by atoms with Crippen molar-refractivity contribution < 1.29 is 19.0 Å². The minimum absolute atomic E-state index is 0.144. The monoisotopic (exact) mass is 442 g/mol. The Labute approximate surface area is 183 Å². The molecule has 1 heterocycles. The van der Waals surface area contributed by atoms with Crippen molar-refractivity contribution in [3.8, 4) is 17.2 Å². The second kappa shape index (κ2) is 9.07. The van der Waals surface area contributed by atoms with Crippen molar-refractivity contribution in [3.63, 3.8) is 0 Å². The van der Waals surface area contributed by atoms with E-state index in [0.29, 0.717) is 45.0 Å². The van der Waals surface area contributed by atoms with E-state index < -0.39 is 0 Å². The molecule has 1 amide bonds. The van der Waals surface area contributed by atoms with Crippen LogP contribution in [0, 0.1) is 0 Å². The molecule has 1 aliphatic heterocycles. The van der Waals surface area contributed by atoms with Crippen molar-refractivity contribution in [1.29, 1.82) is 0 Å². The average molecular weight is 443 g/mol. The molecule has 0 aromatic heterocycles. The minimum Gasteiger partial charge on any atom is -0.488 e. The Hall–Kier alpha value is -3.22. The van der Waals surface area contributed by atoms with E-state index in [-0.39, 0.29) is 12.7 Å². The Morgan fingerprint density at radius 3 is 2.73 bits per heavy atom. The van der Waals surface area contributed by atoms with Crippen LogP contribution in [0.25, 0.3) is 0 Å². The molecule has 0 unspecified atom stereocenters. The highest BCUT2D eigenvalue weighted by Gasteiger charge is 2.16. The van der Waals surface area contributed by atoms with Crippen LogP contribution >= 0.6 is 23.2 Å². The molecule has 0 saturated carbocycles. The predicted octanol–water partition coefficient (Wildman–Crippen LogP) is 5.07. The lowest BCUT2D eigenvalue weighted by Gasteiger charge is -2.10. The van der Waals surface area contributed by atoms with Crippen LogP contribution in [-0.4, -0.2) is 18.9 Å². The molecule has 4 rings (SSSR count). The Kier molecular flexibility index (Phi) is 6.07. The van der Waals surface area contributed by atoms with Crippen molar-refractivity contribution in [2.24, 2.45) is 5.10 Å². The Morgan fingerprint density at radius 2 is 1.87 bits per heavy atom. The third kappa shape index (κ3) is 4.84. The molecule has 30 heavy (non-hydrogen) atoms. The first kappa shape index (κ1) is 20.1. The third-order valence-corrected chi connectivity index (χ3v) is 4.73. The van der Waals surface area contributed by atoms with Crippen molar-refractivity contribution in [2.75, 3.05) is 6.79 Å². The molecule has 152 valence electrons. The van der Waals surface area contributed by atoms with Gasteiger partial charge in [-0.3, -0.25) is 4.79 Å². The molecule has 0 radical (unpaired) electrons. The van der Waals surface area contributed by atoms with Crippen LogP contribution in [0.2, 0.25) is 10.0 Å². The van der Waals surface area contributed by atoms with E-state index >= 15 is 0 Å². The molecule has 0 fully saturated rings. The number of nitrogens with zero attached hydrogens (tertiary/aromatic N) is 1. The maximum absolute atomic E-state index is 12.3. The summed E-state index contributed by atoms with van der Waals surface area (Å²) in [6.07, 6.45) is 1.48. The van der Waals surface area contributed by atoms with Gasteiger partial charge in [-0.05, 0) is 54.1 Å². The van der Waals surface area contributed by atoms with Gasteiger partial charge < -0.3 is 14.2 Å². The van der Waals surface area contributed by atoms with Crippen LogP contribution in [0.15, 0.2) is 65.8 Å². The summed E-state index contributed by atoms with van der Waals surface area (Å²) >= 11 is 12.1. The van der Waals surface area contributed by atoms with E-state index in [9.17, 15) is 4.79 Å². The lowest BCUT2D eigenvalue weighted by molar-refractivity contribution is 0.0954. The van der Waals surface area contributed by atoms with Gasteiger partial charge in [0.25, 0.3) is 5.91 Å². The molecule has 1 aliphatic rings. The number of hydrogen-bond donors (Lipinski definition) is 1. The van der Waals surface area contributed by atoms with Crippen LogP contribution < -0.4 is 19.6 Å². The second-order valence-electron chi connectivity index (χ2n) is 6.37. The number of rotatable bonds is 6. The molecular weight excluding hydrogens is 427 g/mol. The summed E-state index contributed by atoms with van der Waals surface area (Å²) in [5.74, 6) is 1.32. The van der Waals surface area contributed by atoms with Crippen LogP contribution in [0.3, 0.4) is 0 Å². The number of hydrazone groups is 1. The van der Waals surface area contributed by atoms with E-state index in [0.717, 1.165) is 5.56 Å². The molecular formula is C22H16Cl2N2O4. The summed E-state index contributed by atoms with van der Waals surface area (Å²) in [7, 11) is 0. The van der Waals surface area contributed by atoms with Crippen molar-refractivity contribution in [2.45, 2.75) is 6.61 Å². The summed E-state index contributed by atoms with van der Waals surface area (Å²) in [6, 6.07) is 17.5. The SMILES string of the molecule is O=C(N/N=C\c1cc(Cl)ccc1OCc1cccc(Cl)c1)c1ccc2c(c1)OCO2. The molecule has 3 aromatic carbocycles. The number of carbonyl (C=O) groups excluding carboxylic acids is 1. The van der Waals surface area contributed by atoms with Gasteiger partial charge in [0.2, 0.25) is 6.79 Å². The first-order valence-corrected chi connectivity index (χ1v) is 9.74. The summed E-state index contributed by atoms with van der Waals surface area (Å²) in [5, 5.41) is 5.19. The molecule has 0 atom stereocenters. The van der Waals surface area contributed by atoms with Crippen LogP contribution in [0.5, 0.6) is 17.2 Å². The molecule has 0 saturated heterocycles. The number of benzene rings is 3. The van der Waals surface area contributed by atoms with Gasteiger partial charge in [-0.1, -0.05) is 35.3 Å². The highest BCUT2D eigenvalue weighted by molar-refractivity contribution is 6.31. The van der Waals surface area contributed by atoms with Crippen LogP contribution in [-0.2, 0) is 6.61 Å². The zero-order valence-electron chi connectivity index (χ0n) is 15.6. The molecule has 0 spiro atoms. The van der Waals surface area contributed by atoms with Gasteiger partial charge in [0.05, 0.1) is 6.21 Å². The zero-order chi connectivity index (χ0) is 20.9. The van der Waals surface area contributed by atoms with E-state index in [1.165, 1.54) is 6.21 Å². The normalized spacial score (nSPS) is 12.2. The molecule has 1 N–H and O–H groups in total. The first-order chi connectivity index (χ1) is 14.6. The molecule has 3 aromatic rings. The highest BCUT2D eigenvalue weighted by Crippen LogP contribution is 2.32. The topological polar surface area (TPSA) is 69.2 Å². The number of amides is 1. The number of halogens is 2. The lowest BCUT2D eigenvalue weighted by atomic mass is 10.2. The van der Waals surface area contributed by atoms with Gasteiger partial charge in [0, 0.05) is 21.2 Å². The van der Waals surface area contributed by atoms with Gasteiger partial charge in [0.1, 0.15) is 12.4 Å². The smallest absolute Gasteiger partial charge is 0.271 e. The van der Waals surface area contributed by atoms with Crippen LogP contribution in [0.4, 0.5) is 0 Å². The van der Waals surface area contributed by atoms with Gasteiger partial charge in [0.15, 0.2) is 11.5 Å². The number of nitrogens with one attached hydrogen (secondary N) is 1. The fraction of sp³-hybridized carbons (Fsp3) is 0.0909. The second-order valence-corrected chi connectivity index (χ2v) is 7.24.